The number of aliphatic carboxylic acids is 1. The number of amides is 1. The first-order valence-electron chi connectivity index (χ1n) is 10.7. The lowest BCUT2D eigenvalue weighted by atomic mass is 9.79. The van der Waals surface area contributed by atoms with E-state index in [9.17, 15) is 9.59 Å². The van der Waals surface area contributed by atoms with Gasteiger partial charge in [-0.05, 0) is 48.4 Å². The van der Waals surface area contributed by atoms with Crippen molar-refractivity contribution in [3.8, 4) is 5.75 Å². The van der Waals surface area contributed by atoms with Crippen LogP contribution in [0.2, 0.25) is 0 Å². The third-order valence-electron chi connectivity index (χ3n) is 6.66. The lowest BCUT2D eigenvalue weighted by molar-refractivity contribution is -0.141. The van der Waals surface area contributed by atoms with Crippen LogP contribution in [-0.2, 0) is 21.5 Å². The van der Waals surface area contributed by atoms with Crippen molar-refractivity contribution in [2.45, 2.75) is 51.5 Å². The highest BCUT2D eigenvalue weighted by atomic mass is 16.5. The molecule has 1 aromatic heterocycles. The summed E-state index contributed by atoms with van der Waals surface area (Å²) in [7, 11) is 1.69. The zero-order valence-corrected chi connectivity index (χ0v) is 18.0. The lowest BCUT2D eigenvalue weighted by Gasteiger charge is -2.45. The largest absolute Gasteiger partial charge is 0.497 e. The molecule has 0 aliphatic carbocycles. The van der Waals surface area contributed by atoms with E-state index in [1.165, 1.54) is 16.6 Å². The van der Waals surface area contributed by atoms with Gasteiger partial charge in [0.15, 0.2) is 0 Å². The van der Waals surface area contributed by atoms with E-state index >= 15 is 0 Å². The molecule has 2 aliphatic heterocycles. The van der Waals surface area contributed by atoms with Gasteiger partial charge in [0.25, 0.3) is 0 Å². The maximum absolute atomic E-state index is 12.8. The highest BCUT2D eigenvalue weighted by molar-refractivity contribution is 5.87. The summed E-state index contributed by atoms with van der Waals surface area (Å²) in [6.45, 7) is 5.95. The molecule has 1 aromatic carbocycles. The minimum absolute atomic E-state index is 0.0000396. The predicted molar refractivity (Wildman–Crippen MR) is 115 cm³/mol. The number of nitrogens with zero attached hydrogens (tertiary/aromatic N) is 1. The van der Waals surface area contributed by atoms with Crippen molar-refractivity contribution >= 4 is 22.8 Å². The van der Waals surface area contributed by atoms with Crippen LogP contribution in [0.5, 0.6) is 5.75 Å². The molecule has 3 N–H and O–H groups in total. The molecular weight excluding hydrogens is 382 g/mol. The second kappa shape index (κ2) is 7.61. The molecule has 1 spiro atoms. The molecule has 1 fully saturated rings. The molecule has 0 saturated carbocycles. The number of hydrogen-bond donors (Lipinski definition) is 3. The predicted octanol–water partition coefficient (Wildman–Crippen LogP) is 3.03. The normalized spacial score (nSPS) is 18.4. The molecule has 0 radical (unpaired) electrons. The van der Waals surface area contributed by atoms with Crippen LogP contribution in [0.15, 0.2) is 18.2 Å². The third kappa shape index (κ3) is 3.78. The molecule has 7 nitrogen and oxygen atoms in total. The molecule has 0 atom stereocenters. The molecule has 162 valence electrons. The average molecular weight is 414 g/mol. The van der Waals surface area contributed by atoms with Gasteiger partial charge in [0.1, 0.15) is 5.75 Å². The van der Waals surface area contributed by atoms with Gasteiger partial charge in [0.05, 0.1) is 19.1 Å². The van der Waals surface area contributed by atoms with Gasteiger partial charge in [0.2, 0.25) is 5.91 Å². The fourth-order valence-electron chi connectivity index (χ4n) is 5.09. The summed E-state index contributed by atoms with van der Waals surface area (Å²) < 4.78 is 5.41. The van der Waals surface area contributed by atoms with E-state index in [4.69, 9.17) is 9.84 Å². The van der Waals surface area contributed by atoms with E-state index < -0.39 is 11.4 Å². The van der Waals surface area contributed by atoms with Crippen molar-refractivity contribution in [2.75, 3.05) is 26.7 Å². The van der Waals surface area contributed by atoms with Gasteiger partial charge >= 0.3 is 5.97 Å². The van der Waals surface area contributed by atoms with Gasteiger partial charge in [-0.15, -0.1) is 0 Å². The Morgan fingerprint density at radius 3 is 2.63 bits per heavy atom. The van der Waals surface area contributed by atoms with Crippen LogP contribution in [0.25, 0.3) is 10.9 Å². The molecule has 2 aliphatic rings. The van der Waals surface area contributed by atoms with Crippen LogP contribution in [0.1, 0.15) is 50.8 Å². The number of methoxy groups -OCH3 is 1. The summed E-state index contributed by atoms with van der Waals surface area (Å²) in [5.74, 6) is 0.0505. The molecule has 1 amide bonds. The summed E-state index contributed by atoms with van der Waals surface area (Å²) >= 11 is 0. The number of rotatable bonds is 5. The Bertz CT molecular complexity index is 970. The van der Waals surface area contributed by atoms with Gasteiger partial charge in [-0.25, -0.2) is 0 Å². The number of ether oxygens (including phenoxy) is 1. The number of aromatic amines is 1. The van der Waals surface area contributed by atoms with Crippen LogP contribution in [0.4, 0.5) is 0 Å². The van der Waals surface area contributed by atoms with Crippen molar-refractivity contribution in [3.63, 3.8) is 0 Å². The van der Waals surface area contributed by atoms with E-state index in [1.54, 1.807) is 7.11 Å². The van der Waals surface area contributed by atoms with Gasteiger partial charge in [-0.3, -0.25) is 9.59 Å². The Kier molecular flexibility index (Phi) is 5.26. The monoisotopic (exact) mass is 413 g/mol. The molecule has 0 bridgehead atoms. The summed E-state index contributed by atoms with van der Waals surface area (Å²) in [4.78, 5) is 29.4. The second-order valence-electron chi connectivity index (χ2n) is 9.44. The Morgan fingerprint density at radius 1 is 1.23 bits per heavy atom. The standard InChI is InChI=1S/C23H31N3O4/c1-22(2,14-20(28)29)13-19(27)26-10-7-23(8-11-26)21-16(6-9-24-23)17-12-15(30-3)4-5-18(17)25-21/h4-5,12,24-25H,6-11,13-14H2,1-3H3,(H,28,29). The van der Waals surface area contributed by atoms with Crippen LogP contribution in [-0.4, -0.2) is 53.6 Å². The maximum Gasteiger partial charge on any atom is 0.303 e. The van der Waals surface area contributed by atoms with E-state index in [0.717, 1.165) is 37.1 Å². The fraction of sp³-hybridized carbons (Fsp3) is 0.565. The number of carboxylic acids is 1. The number of likely N-dealkylation sites (tertiary alicyclic amines) is 1. The number of carboxylic acid groups (broad SMARTS) is 1. The lowest BCUT2D eigenvalue weighted by Crippen LogP contribution is -2.55. The van der Waals surface area contributed by atoms with Gasteiger partial charge in [0, 0.05) is 42.7 Å². The number of carbonyl (C=O) groups is 2. The molecule has 30 heavy (non-hydrogen) atoms. The zero-order valence-electron chi connectivity index (χ0n) is 18.0. The van der Waals surface area contributed by atoms with Crippen molar-refractivity contribution in [1.29, 1.82) is 0 Å². The van der Waals surface area contributed by atoms with Crippen LogP contribution in [0, 0.1) is 5.41 Å². The maximum atomic E-state index is 12.8. The third-order valence-corrected chi connectivity index (χ3v) is 6.66. The molecule has 2 aromatic rings. The number of H-pyrrole nitrogens is 1. The van der Waals surface area contributed by atoms with Crippen LogP contribution < -0.4 is 10.1 Å². The summed E-state index contributed by atoms with van der Waals surface area (Å²) in [6, 6.07) is 6.15. The van der Waals surface area contributed by atoms with E-state index in [1.807, 2.05) is 24.8 Å². The number of piperidine rings is 1. The first kappa shape index (κ1) is 20.7. The van der Waals surface area contributed by atoms with Gasteiger partial charge in [-0.2, -0.15) is 0 Å². The molecule has 0 unspecified atom stereocenters. The zero-order chi connectivity index (χ0) is 21.5. The van der Waals surface area contributed by atoms with E-state index in [-0.39, 0.29) is 24.3 Å². The average Bonchev–Trinajstić information content (AvgIpc) is 3.06. The number of carbonyl (C=O) groups excluding carboxylic acids is 1. The van der Waals surface area contributed by atoms with Crippen molar-refractivity contribution in [3.05, 3.63) is 29.5 Å². The molecule has 4 rings (SSSR count). The van der Waals surface area contributed by atoms with E-state index in [0.29, 0.717) is 13.1 Å². The fourth-order valence-corrected chi connectivity index (χ4v) is 5.09. The smallest absolute Gasteiger partial charge is 0.303 e. The van der Waals surface area contributed by atoms with Crippen molar-refractivity contribution in [1.82, 2.24) is 15.2 Å². The summed E-state index contributed by atoms with van der Waals surface area (Å²) in [5.41, 5.74) is 3.04. The van der Waals surface area contributed by atoms with Gasteiger partial charge < -0.3 is 25.0 Å². The highest BCUT2D eigenvalue weighted by Gasteiger charge is 2.42. The number of nitrogens with one attached hydrogen (secondary N) is 2. The molecular formula is C23H31N3O4. The number of aromatic nitrogens is 1. The quantitative estimate of drug-likeness (QED) is 0.700. The van der Waals surface area contributed by atoms with Crippen LogP contribution >= 0.6 is 0 Å². The van der Waals surface area contributed by atoms with Crippen molar-refractivity contribution in [2.24, 2.45) is 5.41 Å². The number of benzene rings is 1. The van der Waals surface area contributed by atoms with Gasteiger partial charge in [-0.1, -0.05) is 13.8 Å². The topological polar surface area (TPSA) is 94.7 Å². The molecule has 7 heteroatoms. The second-order valence-corrected chi connectivity index (χ2v) is 9.44. The molecule has 3 heterocycles. The van der Waals surface area contributed by atoms with Crippen molar-refractivity contribution < 1.29 is 19.4 Å². The Balaban J connectivity index is 1.51. The van der Waals surface area contributed by atoms with E-state index in [2.05, 4.69) is 22.4 Å². The Morgan fingerprint density at radius 2 is 1.97 bits per heavy atom. The first-order chi connectivity index (χ1) is 14.2. The highest BCUT2D eigenvalue weighted by Crippen LogP contribution is 2.41. The Hall–Kier alpha value is -2.54. The SMILES string of the molecule is COc1ccc2[nH]c3c(c2c1)CCNC31CCN(C(=O)CC(C)(C)CC(=O)O)CC1. The molecule has 1 saturated heterocycles. The summed E-state index contributed by atoms with van der Waals surface area (Å²) in [6.07, 6.45) is 2.91. The summed E-state index contributed by atoms with van der Waals surface area (Å²) in [5, 5.41) is 14.0. The number of fused-ring (bicyclic) bond motifs is 4. The number of hydrogen-bond acceptors (Lipinski definition) is 4. The first-order valence-corrected chi connectivity index (χ1v) is 10.7. The Labute approximate surface area is 176 Å². The minimum atomic E-state index is -0.861. The van der Waals surface area contributed by atoms with Crippen LogP contribution in [0.3, 0.4) is 0 Å². The minimum Gasteiger partial charge on any atom is -0.497 e.